The van der Waals surface area contributed by atoms with Gasteiger partial charge in [-0.2, -0.15) is 0 Å². The molecule has 0 aliphatic heterocycles. The Morgan fingerprint density at radius 1 is 0.889 bits per heavy atom. The maximum absolute atomic E-state index is 12.3. The van der Waals surface area contributed by atoms with Crippen molar-refractivity contribution in [2.75, 3.05) is 18.5 Å². The molecule has 0 aliphatic rings. The highest BCUT2D eigenvalue weighted by Crippen LogP contribution is 2.27. The molecule has 0 bridgehead atoms. The van der Waals surface area contributed by atoms with E-state index in [2.05, 4.69) is 67.5 Å². The molecule has 184 valence electrons. The maximum Gasteiger partial charge on any atom is 0.251 e. The second kappa shape index (κ2) is 12.4. The average molecular weight is 497 g/mol. The van der Waals surface area contributed by atoms with Crippen molar-refractivity contribution in [3.8, 4) is 11.3 Å². The first kappa shape index (κ1) is 25.5. The van der Waals surface area contributed by atoms with Crippen molar-refractivity contribution in [3.63, 3.8) is 0 Å². The van der Waals surface area contributed by atoms with Crippen LogP contribution in [-0.2, 0) is 12.3 Å². The van der Waals surface area contributed by atoms with E-state index >= 15 is 0 Å². The van der Waals surface area contributed by atoms with Crippen LogP contribution < -0.4 is 10.2 Å². The molecule has 1 heterocycles. The highest BCUT2D eigenvalue weighted by molar-refractivity contribution is 7.98. The summed E-state index contributed by atoms with van der Waals surface area (Å²) in [7, 11) is 2.06. The molecule has 1 N–H and O–H groups in total. The van der Waals surface area contributed by atoms with Gasteiger partial charge in [-0.05, 0) is 29.2 Å². The Morgan fingerprint density at radius 3 is 2.22 bits per heavy atom. The quantitative estimate of drug-likeness (QED) is 0.202. The lowest BCUT2D eigenvalue weighted by Crippen LogP contribution is -2.27. The first-order valence-electron chi connectivity index (χ1n) is 12.2. The van der Waals surface area contributed by atoms with Gasteiger partial charge in [0.1, 0.15) is 5.82 Å². The maximum atomic E-state index is 12.3. The van der Waals surface area contributed by atoms with Crippen LogP contribution in [0.15, 0.2) is 96.2 Å². The molecule has 36 heavy (non-hydrogen) atoms. The molecular formula is C30H32N4OS. The molecule has 0 spiro atoms. The first-order chi connectivity index (χ1) is 17.5. The van der Waals surface area contributed by atoms with Gasteiger partial charge < -0.3 is 10.2 Å². The molecule has 6 heteroatoms. The number of benzene rings is 3. The summed E-state index contributed by atoms with van der Waals surface area (Å²) >= 11 is 1.60. The van der Waals surface area contributed by atoms with E-state index in [0.717, 1.165) is 34.3 Å². The molecule has 0 saturated heterocycles. The van der Waals surface area contributed by atoms with E-state index in [1.807, 2.05) is 54.6 Å². The van der Waals surface area contributed by atoms with E-state index in [1.165, 1.54) is 5.56 Å². The molecule has 0 aliphatic carbocycles. The van der Waals surface area contributed by atoms with Crippen LogP contribution in [0.25, 0.3) is 11.3 Å². The predicted octanol–water partition coefficient (Wildman–Crippen LogP) is 6.46. The molecule has 0 radical (unpaired) electrons. The van der Waals surface area contributed by atoms with Crippen LogP contribution in [0.3, 0.4) is 0 Å². The monoisotopic (exact) mass is 496 g/mol. The minimum Gasteiger partial charge on any atom is -0.355 e. The Morgan fingerprint density at radius 2 is 1.56 bits per heavy atom. The third-order valence-electron chi connectivity index (χ3n) is 5.67. The molecule has 4 aromatic rings. The largest absolute Gasteiger partial charge is 0.355 e. The van der Waals surface area contributed by atoms with Crippen molar-refractivity contribution in [2.24, 2.45) is 5.92 Å². The Hall–Kier alpha value is -3.64. The molecule has 0 saturated carbocycles. The normalized spacial score (nSPS) is 10.9. The van der Waals surface area contributed by atoms with Gasteiger partial charge in [-0.15, -0.1) is 0 Å². The van der Waals surface area contributed by atoms with E-state index < -0.39 is 0 Å². The average Bonchev–Trinajstić information content (AvgIpc) is 2.91. The summed E-state index contributed by atoms with van der Waals surface area (Å²) in [5.74, 6) is 1.99. The Balaban J connectivity index is 1.50. The number of thioether (sulfide) groups is 1. The van der Waals surface area contributed by atoms with E-state index in [-0.39, 0.29) is 5.91 Å². The number of hydrogen-bond donors (Lipinski definition) is 1. The zero-order valence-corrected chi connectivity index (χ0v) is 21.8. The third kappa shape index (κ3) is 7.18. The summed E-state index contributed by atoms with van der Waals surface area (Å²) in [5, 5.41) is 3.69. The number of carbonyl (C=O) groups excluding carboxylic acids is 1. The van der Waals surface area contributed by atoms with Gasteiger partial charge in [-0.3, -0.25) is 4.79 Å². The molecule has 1 amide bonds. The molecule has 5 nitrogen and oxygen atoms in total. The van der Waals surface area contributed by atoms with Crippen LogP contribution >= 0.6 is 11.8 Å². The Bertz CT molecular complexity index is 1260. The topological polar surface area (TPSA) is 58.1 Å². The van der Waals surface area contributed by atoms with Crippen LogP contribution in [0.5, 0.6) is 0 Å². The molecule has 1 aromatic heterocycles. The van der Waals surface area contributed by atoms with Gasteiger partial charge >= 0.3 is 0 Å². The number of amides is 1. The van der Waals surface area contributed by atoms with Crippen LogP contribution in [0, 0.1) is 5.92 Å². The lowest BCUT2D eigenvalue weighted by Gasteiger charge is -2.20. The molecule has 0 fully saturated rings. The van der Waals surface area contributed by atoms with Crippen LogP contribution in [-0.4, -0.2) is 29.5 Å². The van der Waals surface area contributed by atoms with E-state index in [4.69, 9.17) is 9.97 Å². The number of anilines is 1. The summed E-state index contributed by atoms with van der Waals surface area (Å²) < 4.78 is 0. The standard InChI is InChI=1S/C30H32N4OS/c1-22(2)19-31-29(35)26-16-14-24(15-17-26)21-36-30-32-27(25-12-8-5-9-13-25)18-28(33-30)34(3)20-23-10-6-4-7-11-23/h4-18,22H,19-21H2,1-3H3,(H,31,35). The van der Waals surface area contributed by atoms with Crippen molar-refractivity contribution in [1.82, 2.24) is 15.3 Å². The summed E-state index contributed by atoms with van der Waals surface area (Å²) in [6, 6.07) is 30.4. The number of carbonyl (C=O) groups is 1. The fraction of sp³-hybridized carbons (Fsp3) is 0.233. The van der Waals surface area contributed by atoms with Gasteiger partial charge in [0.2, 0.25) is 0 Å². The van der Waals surface area contributed by atoms with Gasteiger partial charge in [-0.1, -0.05) is 98.4 Å². The fourth-order valence-electron chi connectivity index (χ4n) is 3.67. The Labute approximate surface area is 218 Å². The highest BCUT2D eigenvalue weighted by Gasteiger charge is 2.12. The predicted molar refractivity (Wildman–Crippen MR) is 149 cm³/mol. The molecule has 0 atom stereocenters. The van der Waals surface area contributed by atoms with Crippen LogP contribution in [0.4, 0.5) is 5.82 Å². The van der Waals surface area contributed by atoms with Crippen LogP contribution in [0.2, 0.25) is 0 Å². The fourth-order valence-corrected chi connectivity index (χ4v) is 4.48. The number of nitrogens with zero attached hydrogens (tertiary/aromatic N) is 3. The lowest BCUT2D eigenvalue weighted by molar-refractivity contribution is 0.0949. The van der Waals surface area contributed by atoms with Crippen molar-refractivity contribution < 1.29 is 4.79 Å². The minimum absolute atomic E-state index is 0.0344. The van der Waals surface area contributed by atoms with Crippen molar-refractivity contribution in [1.29, 1.82) is 0 Å². The van der Waals surface area contributed by atoms with Gasteiger partial charge in [0, 0.05) is 43.1 Å². The third-order valence-corrected chi connectivity index (χ3v) is 6.59. The number of aromatic nitrogens is 2. The molecule has 3 aromatic carbocycles. The van der Waals surface area contributed by atoms with E-state index in [9.17, 15) is 4.79 Å². The second-order valence-corrected chi connectivity index (χ2v) is 10.1. The highest BCUT2D eigenvalue weighted by atomic mass is 32.2. The summed E-state index contributed by atoms with van der Waals surface area (Å²) in [4.78, 5) is 24.2. The summed E-state index contributed by atoms with van der Waals surface area (Å²) in [6.45, 7) is 5.60. The van der Waals surface area contributed by atoms with Gasteiger partial charge in [0.15, 0.2) is 5.16 Å². The van der Waals surface area contributed by atoms with E-state index in [1.54, 1.807) is 11.8 Å². The molecular weight excluding hydrogens is 464 g/mol. The SMILES string of the molecule is CC(C)CNC(=O)c1ccc(CSc2nc(-c3ccccc3)cc(N(C)Cc3ccccc3)n2)cc1. The first-order valence-corrected chi connectivity index (χ1v) is 13.2. The van der Waals surface area contributed by atoms with Crippen LogP contribution in [0.1, 0.15) is 35.3 Å². The van der Waals surface area contributed by atoms with Gasteiger partial charge in [0.25, 0.3) is 5.91 Å². The van der Waals surface area contributed by atoms with Gasteiger partial charge in [0.05, 0.1) is 5.69 Å². The summed E-state index contributed by atoms with van der Waals surface area (Å²) in [5.41, 5.74) is 4.99. The molecule has 0 unspecified atom stereocenters. The lowest BCUT2D eigenvalue weighted by atomic mass is 10.1. The Kier molecular flexibility index (Phi) is 8.74. The van der Waals surface area contributed by atoms with Crippen molar-refractivity contribution in [3.05, 3.63) is 108 Å². The second-order valence-electron chi connectivity index (χ2n) is 9.19. The van der Waals surface area contributed by atoms with Gasteiger partial charge in [-0.25, -0.2) is 9.97 Å². The number of rotatable bonds is 10. The minimum atomic E-state index is -0.0344. The zero-order valence-electron chi connectivity index (χ0n) is 21.0. The number of nitrogens with one attached hydrogen (secondary N) is 1. The van der Waals surface area contributed by atoms with Crippen molar-refractivity contribution in [2.45, 2.75) is 31.3 Å². The summed E-state index contributed by atoms with van der Waals surface area (Å²) in [6.07, 6.45) is 0. The van der Waals surface area contributed by atoms with E-state index in [0.29, 0.717) is 23.8 Å². The zero-order chi connectivity index (χ0) is 25.3. The smallest absolute Gasteiger partial charge is 0.251 e. The van der Waals surface area contributed by atoms with Crippen molar-refractivity contribution >= 4 is 23.5 Å². The number of hydrogen-bond acceptors (Lipinski definition) is 5. The molecule has 4 rings (SSSR count).